The number of hydrogen-bond acceptors (Lipinski definition) is 5. The minimum absolute atomic E-state index is 0.128. The Kier molecular flexibility index (Phi) is 5.55. The lowest BCUT2D eigenvalue weighted by Gasteiger charge is -2.23. The molecule has 0 radical (unpaired) electrons. The van der Waals surface area contributed by atoms with E-state index in [1.54, 1.807) is 16.3 Å². The fraction of sp³-hybridized carbons (Fsp3) is 0.308. The minimum Gasteiger partial charge on any atom is -0.294 e. The topological polar surface area (TPSA) is 60.1 Å². The summed E-state index contributed by atoms with van der Waals surface area (Å²) >= 11 is 1.59. The number of thioether (sulfide) groups is 1. The van der Waals surface area contributed by atoms with E-state index in [0.29, 0.717) is 28.8 Å². The standard InChI is InChI=1S/C26H26N4OS/c1-16(2)18-8-10-19(11-9-18)21-12-23-22(24(31)13-21)14-30-25(27-23)28-26(29-30)32-15-20-7-5-4-6-17(20)3/h4-11,14,16,21H,12-13,15H2,1-3H3/t21-/m0/s1. The number of aryl methyl sites for hydroxylation is 1. The van der Waals surface area contributed by atoms with Crippen LogP contribution < -0.4 is 0 Å². The molecule has 0 saturated heterocycles. The fourth-order valence-electron chi connectivity index (χ4n) is 4.23. The number of Topliss-reactive ketones (excluding diaryl/α,β-unsaturated/α-hetero) is 1. The Balaban J connectivity index is 1.38. The van der Waals surface area contributed by atoms with Gasteiger partial charge in [-0.05, 0) is 47.4 Å². The van der Waals surface area contributed by atoms with Crippen LogP contribution in [0.25, 0.3) is 5.78 Å². The van der Waals surface area contributed by atoms with Gasteiger partial charge >= 0.3 is 0 Å². The number of rotatable bonds is 5. The summed E-state index contributed by atoms with van der Waals surface area (Å²) in [4.78, 5) is 22.3. The van der Waals surface area contributed by atoms with Crippen LogP contribution in [0.3, 0.4) is 0 Å². The van der Waals surface area contributed by atoms with E-state index in [4.69, 9.17) is 4.98 Å². The molecule has 0 unspecified atom stereocenters. The van der Waals surface area contributed by atoms with Crippen LogP contribution in [0.1, 0.15) is 70.4 Å². The summed E-state index contributed by atoms with van der Waals surface area (Å²) in [5, 5.41) is 5.23. The molecule has 6 heteroatoms. The van der Waals surface area contributed by atoms with Crippen LogP contribution in [0.2, 0.25) is 0 Å². The highest BCUT2D eigenvalue weighted by Crippen LogP contribution is 2.33. The van der Waals surface area contributed by atoms with Crippen molar-refractivity contribution in [2.75, 3.05) is 0 Å². The van der Waals surface area contributed by atoms with Gasteiger partial charge in [0.1, 0.15) is 0 Å². The molecule has 4 aromatic rings. The van der Waals surface area contributed by atoms with Crippen LogP contribution in [0.5, 0.6) is 0 Å². The zero-order chi connectivity index (χ0) is 22.2. The molecule has 2 heterocycles. The van der Waals surface area contributed by atoms with Gasteiger partial charge in [-0.2, -0.15) is 4.98 Å². The van der Waals surface area contributed by atoms with E-state index in [0.717, 1.165) is 17.9 Å². The zero-order valence-corrected chi connectivity index (χ0v) is 19.4. The van der Waals surface area contributed by atoms with Gasteiger partial charge in [0.2, 0.25) is 5.16 Å². The Morgan fingerprint density at radius 3 is 2.59 bits per heavy atom. The van der Waals surface area contributed by atoms with Crippen molar-refractivity contribution in [1.29, 1.82) is 0 Å². The van der Waals surface area contributed by atoms with Crippen molar-refractivity contribution in [3.63, 3.8) is 0 Å². The van der Waals surface area contributed by atoms with Gasteiger partial charge in [0.05, 0.1) is 11.3 Å². The Bertz CT molecular complexity index is 1290. The Morgan fingerprint density at radius 2 is 1.84 bits per heavy atom. The molecule has 2 aromatic heterocycles. The van der Waals surface area contributed by atoms with Gasteiger partial charge in [0.15, 0.2) is 5.78 Å². The number of carbonyl (C=O) groups excluding carboxylic acids is 1. The molecule has 0 N–H and O–H groups in total. The summed E-state index contributed by atoms with van der Waals surface area (Å²) in [6.45, 7) is 6.49. The van der Waals surface area contributed by atoms with Gasteiger partial charge in [-0.15, -0.1) is 5.10 Å². The number of fused-ring (bicyclic) bond motifs is 2. The monoisotopic (exact) mass is 442 g/mol. The number of benzene rings is 2. The normalized spacial score (nSPS) is 16.0. The SMILES string of the molecule is Cc1ccccc1CSc1nc2nc3c(cn2n1)C(=O)C[C@@H](c1ccc(C(C)C)cc1)C3. The molecule has 0 amide bonds. The van der Waals surface area contributed by atoms with Crippen molar-refractivity contribution >= 4 is 23.3 Å². The second-order valence-electron chi connectivity index (χ2n) is 8.81. The molecule has 162 valence electrons. The van der Waals surface area contributed by atoms with Crippen molar-refractivity contribution in [3.8, 4) is 0 Å². The average Bonchev–Trinajstić information content (AvgIpc) is 3.19. The first-order valence-corrected chi connectivity index (χ1v) is 12.0. The van der Waals surface area contributed by atoms with Crippen LogP contribution in [0.15, 0.2) is 59.9 Å². The van der Waals surface area contributed by atoms with E-state index in [-0.39, 0.29) is 11.7 Å². The summed E-state index contributed by atoms with van der Waals surface area (Å²) < 4.78 is 1.65. The van der Waals surface area contributed by atoms with E-state index in [1.807, 2.05) is 18.3 Å². The van der Waals surface area contributed by atoms with Crippen molar-refractivity contribution in [3.05, 3.63) is 88.2 Å². The quantitative estimate of drug-likeness (QED) is 0.368. The van der Waals surface area contributed by atoms with Crippen LogP contribution in [0.4, 0.5) is 0 Å². The molecule has 1 aliphatic rings. The third-order valence-corrected chi connectivity index (χ3v) is 7.14. The lowest BCUT2D eigenvalue weighted by atomic mass is 9.81. The molecular weight excluding hydrogens is 416 g/mol. The van der Waals surface area contributed by atoms with Gasteiger partial charge in [-0.3, -0.25) is 4.79 Å². The van der Waals surface area contributed by atoms with E-state index >= 15 is 0 Å². The molecule has 1 aliphatic carbocycles. The van der Waals surface area contributed by atoms with E-state index in [9.17, 15) is 4.79 Å². The number of hydrogen-bond donors (Lipinski definition) is 0. The minimum atomic E-state index is 0.128. The first-order valence-electron chi connectivity index (χ1n) is 11.0. The van der Waals surface area contributed by atoms with Gasteiger partial charge in [-0.25, -0.2) is 9.50 Å². The van der Waals surface area contributed by atoms with E-state index < -0.39 is 0 Å². The van der Waals surface area contributed by atoms with Crippen LogP contribution in [-0.2, 0) is 12.2 Å². The zero-order valence-electron chi connectivity index (χ0n) is 18.6. The first-order chi connectivity index (χ1) is 15.5. The van der Waals surface area contributed by atoms with E-state index in [2.05, 4.69) is 67.3 Å². The van der Waals surface area contributed by atoms with Crippen molar-refractivity contribution < 1.29 is 4.79 Å². The predicted octanol–water partition coefficient (Wildman–Crippen LogP) is 5.76. The summed E-state index contributed by atoms with van der Waals surface area (Å²) in [6.07, 6.45) is 3.06. The molecule has 32 heavy (non-hydrogen) atoms. The Labute approximate surface area is 192 Å². The lowest BCUT2D eigenvalue weighted by Crippen LogP contribution is -2.21. The van der Waals surface area contributed by atoms with Crippen LogP contribution in [0, 0.1) is 6.92 Å². The van der Waals surface area contributed by atoms with Gasteiger partial charge in [0, 0.05) is 18.4 Å². The van der Waals surface area contributed by atoms with Gasteiger partial charge in [-0.1, -0.05) is 74.1 Å². The van der Waals surface area contributed by atoms with Gasteiger partial charge < -0.3 is 0 Å². The number of carbonyl (C=O) groups is 1. The largest absolute Gasteiger partial charge is 0.294 e. The number of ketones is 1. The maximum Gasteiger partial charge on any atom is 0.253 e. The average molecular weight is 443 g/mol. The number of aromatic nitrogens is 4. The Hall–Kier alpha value is -2.99. The molecule has 2 aromatic carbocycles. The molecule has 0 aliphatic heterocycles. The van der Waals surface area contributed by atoms with Crippen molar-refractivity contribution in [2.24, 2.45) is 0 Å². The summed E-state index contributed by atoms with van der Waals surface area (Å²) in [6, 6.07) is 17.0. The smallest absolute Gasteiger partial charge is 0.253 e. The maximum atomic E-state index is 12.9. The summed E-state index contributed by atoms with van der Waals surface area (Å²) in [5.41, 5.74) is 6.55. The highest BCUT2D eigenvalue weighted by molar-refractivity contribution is 7.98. The van der Waals surface area contributed by atoms with Crippen molar-refractivity contribution in [2.45, 2.75) is 56.4 Å². The molecule has 0 saturated carbocycles. The van der Waals surface area contributed by atoms with E-state index in [1.165, 1.54) is 22.3 Å². The summed E-state index contributed by atoms with van der Waals surface area (Å²) in [5.74, 6) is 2.14. The third kappa shape index (κ3) is 4.07. The Morgan fingerprint density at radius 1 is 1.06 bits per heavy atom. The second-order valence-corrected chi connectivity index (χ2v) is 9.75. The first kappa shape index (κ1) is 20.9. The third-order valence-electron chi connectivity index (χ3n) is 6.26. The second kappa shape index (κ2) is 8.51. The molecular formula is C26H26N4OS. The molecule has 5 rings (SSSR count). The molecule has 0 bridgehead atoms. The highest BCUT2D eigenvalue weighted by Gasteiger charge is 2.28. The maximum absolute atomic E-state index is 12.9. The fourth-order valence-corrected chi connectivity index (χ4v) is 5.13. The molecule has 0 fully saturated rings. The number of nitrogens with zero attached hydrogens (tertiary/aromatic N) is 4. The highest BCUT2D eigenvalue weighted by atomic mass is 32.2. The van der Waals surface area contributed by atoms with Gasteiger partial charge in [0.25, 0.3) is 5.78 Å². The molecule has 0 spiro atoms. The molecule has 5 nitrogen and oxygen atoms in total. The van der Waals surface area contributed by atoms with Crippen molar-refractivity contribution in [1.82, 2.24) is 19.6 Å². The predicted molar refractivity (Wildman–Crippen MR) is 127 cm³/mol. The lowest BCUT2D eigenvalue weighted by molar-refractivity contribution is 0.0962. The van der Waals surface area contributed by atoms with Crippen LogP contribution in [-0.4, -0.2) is 25.4 Å². The summed E-state index contributed by atoms with van der Waals surface area (Å²) in [7, 11) is 0. The van der Waals surface area contributed by atoms with Crippen LogP contribution >= 0.6 is 11.8 Å². The molecule has 1 atom stereocenters.